The summed E-state index contributed by atoms with van der Waals surface area (Å²) < 4.78 is 10.8. The summed E-state index contributed by atoms with van der Waals surface area (Å²) in [5.74, 6) is 1.60. The number of esters is 2. The van der Waals surface area contributed by atoms with E-state index in [-0.39, 0.29) is 11.9 Å². The maximum atomic E-state index is 11.9. The Kier molecular flexibility index (Phi) is 30.1. The van der Waals surface area contributed by atoms with Crippen molar-refractivity contribution in [2.24, 2.45) is 11.8 Å². The van der Waals surface area contributed by atoms with Crippen LogP contribution in [0.5, 0.6) is 0 Å². The molecule has 0 bridgehead atoms. The molecule has 0 aliphatic carbocycles. The maximum Gasteiger partial charge on any atom is 0.305 e. The smallest absolute Gasteiger partial charge is 0.305 e. The summed E-state index contributed by atoms with van der Waals surface area (Å²) in [5.41, 5.74) is 0. The first-order chi connectivity index (χ1) is 19.4. The van der Waals surface area contributed by atoms with Gasteiger partial charge in [0, 0.05) is 12.8 Å². The summed E-state index contributed by atoms with van der Waals surface area (Å²) in [6.07, 6.45) is 30.5. The topological polar surface area (TPSA) is 52.6 Å². The van der Waals surface area contributed by atoms with E-state index in [1.165, 1.54) is 103 Å². The average Bonchev–Trinajstić information content (AvgIpc) is 2.91. The molecule has 0 heterocycles. The Morgan fingerprint density at radius 2 is 0.625 bits per heavy atom. The van der Waals surface area contributed by atoms with E-state index in [4.69, 9.17) is 9.47 Å². The highest BCUT2D eigenvalue weighted by molar-refractivity contribution is 5.69. The molecule has 0 unspecified atom stereocenters. The quantitative estimate of drug-likeness (QED) is 0.0618. The van der Waals surface area contributed by atoms with Crippen LogP contribution in [0.15, 0.2) is 0 Å². The van der Waals surface area contributed by atoms with Crippen LogP contribution in [0.1, 0.15) is 195 Å². The van der Waals surface area contributed by atoms with Crippen LogP contribution in [-0.2, 0) is 19.1 Å². The number of carbonyl (C=O) groups excluding carboxylic acids is 2. The van der Waals surface area contributed by atoms with Crippen LogP contribution < -0.4 is 0 Å². The average molecular weight is 567 g/mol. The SMILES string of the molecule is CC(C)CCCCCCCCCCOC(=O)CCCCCCCCC(=O)OCCCCCCCCCCC(C)C. The van der Waals surface area contributed by atoms with Crippen LogP contribution in [0.2, 0.25) is 0 Å². The van der Waals surface area contributed by atoms with Crippen molar-refractivity contribution in [2.45, 2.75) is 195 Å². The molecule has 0 amide bonds. The summed E-state index contributed by atoms with van der Waals surface area (Å²) in [6.45, 7) is 10.4. The molecule has 4 heteroatoms. The molecule has 0 saturated heterocycles. The number of ether oxygens (including phenoxy) is 2. The van der Waals surface area contributed by atoms with Crippen molar-refractivity contribution in [2.75, 3.05) is 13.2 Å². The third-order valence-electron chi connectivity index (χ3n) is 7.89. The number of hydrogen-bond acceptors (Lipinski definition) is 4. The molecule has 0 aliphatic rings. The lowest BCUT2D eigenvalue weighted by atomic mass is 10.0. The maximum absolute atomic E-state index is 11.9. The Morgan fingerprint density at radius 3 is 0.925 bits per heavy atom. The van der Waals surface area contributed by atoms with Crippen molar-refractivity contribution in [1.82, 2.24) is 0 Å². The van der Waals surface area contributed by atoms with E-state index in [0.29, 0.717) is 26.1 Å². The van der Waals surface area contributed by atoms with Crippen molar-refractivity contribution >= 4 is 11.9 Å². The fourth-order valence-corrected chi connectivity index (χ4v) is 5.19. The van der Waals surface area contributed by atoms with Gasteiger partial charge in [-0.05, 0) is 37.5 Å². The van der Waals surface area contributed by atoms with Crippen LogP contribution >= 0.6 is 0 Å². The zero-order chi connectivity index (χ0) is 29.5. The summed E-state index contributed by atoms with van der Waals surface area (Å²) in [7, 11) is 0. The van der Waals surface area contributed by atoms with Crippen LogP contribution in [0.25, 0.3) is 0 Å². The van der Waals surface area contributed by atoms with Crippen molar-refractivity contribution in [3.63, 3.8) is 0 Å². The third-order valence-corrected chi connectivity index (χ3v) is 7.89. The van der Waals surface area contributed by atoms with Gasteiger partial charge in [-0.15, -0.1) is 0 Å². The number of hydrogen-bond donors (Lipinski definition) is 0. The fourth-order valence-electron chi connectivity index (χ4n) is 5.19. The predicted octanol–water partition coefficient (Wildman–Crippen LogP) is 11.5. The monoisotopic (exact) mass is 567 g/mol. The molecule has 0 aromatic heterocycles. The highest BCUT2D eigenvalue weighted by Gasteiger charge is 2.05. The zero-order valence-electron chi connectivity index (χ0n) is 27.6. The molecular weight excluding hydrogens is 496 g/mol. The van der Waals surface area contributed by atoms with Gasteiger partial charge < -0.3 is 9.47 Å². The van der Waals surface area contributed by atoms with Crippen molar-refractivity contribution in [1.29, 1.82) is 0 Å². The molecule has 0 rings (SSSR count). The summed E-state index contributed by atoms with van der Waals surface area (Å²) in [5, 5.41) is 0. The van der Waals surface area contributed by atoms with Gasteiger partial charge in [0.15, 0.2) is 0 Å². The number of rotatable bonds is 31. The standard InChI is InChI=1S/C36H70O4/c1-33(2)27-21-15-9-5-7-13-19-25-31-39-35(37)29-23-17-11-12-18-24-30-36(38)40-32-26-20-14-8-6-10-16-22-28-34(3)4/h33-34H,5-32H2,1-4H3. The third kappa shape index (κ3) is 33.1. The summed E-state index contributed by atoms with van der Waals surface area (Å²) in [6, 6.07) is 0. The van der Waals surface area contributed by atoms with E-state index in [0.717, 1.165) is 63.2 Å². The van der Waals surface area contributed by atoms with Gasteiger partial charge in [-0.3, -0.25) is 9.59 Å². The van der Waals surface area contributed by atoms with Gasteiger partial charge in [0.1, 0.15) is 0 Å². The fraction of sp³-hybridized carbons (Fsp3) is 0.944. The molecule has 0 fully saturated rings. The van der Waals surface area contributed by atoms with E-state index in [1.807, 2.05) is 0 Å². The van der Waals surface area contributed by atoms with Crippen molar-refractivity contribution in [3.8, 4) is 0 Å². The van der Waals surface area contributed by atoms with Crippen LogP contribution in [0, 0.1) is 11.8 Å². The molecule has 0 radical (unpaired) electrons. The van der Waals surface area contributed by atoms with Gasteiger partial charge in [0.25, 0.3) is 0 Å². The molecule has 0 N–H and O–H groups in total. The van der Waals surface area contributed by atoms with Gasteiger partial charge >= 0.3 is 11.9 Å². The molecule has 0 spiro atoms. The van der Waals surface area contributed by atoms with Crippen molar-refractivity contribution < 1.29 is 19.1 Å². The highest BCUT2D eigenvalue weighted by atomic mass is 16.5. The largest absolute Gasteiger partial charge is 0.466 e. The molecule has 0 aliphatic heterocycles. The Labute approximate surface area is 250 Å². The molecule has 0 aromatic rings. The van der Waals surface area contributed by atoms with Gasteiger partial charge in [-0.2, -0.15) is 0 Å². The Morgan fingerprint density at radius 1 is 0.375 bits per heavy atom. The van der Waals surface area contributed by atoms with E-state index in [9.17, 15) is 9.59 Å². The Hall–Kier alpha value is -1.06. The van der Waals surface area contributed by atoms with Crippen LogP contribution in [0.4, 0.5) is 0 Å². The predicted molar refractivity (Wildman–Crippen MR) is 172 cm³/mol. The lowest BCUT2D eigenvalue weighted by Crippen LogP contribution is -2.06. The first-order valence-electron chi connectivity index (χ1n) is 17.7. The molecule has 4 nitrogen and oxygen atoms in total. The second-order valence-electron chi connectivity index (χ2n) is 13.1. The number of carbonyl (C=O) groups is 2. The lowest BCUT2D eigenvalue weighted by molar-refractivity contribution is -0.144. The minimum atomic E-state index is -0.0370. The van der Waals surface area contributed by atoms with Crippen LogP contribution in [0.3, 0.4) is 0 Å². The minimum Gasteiger partial charge on any atom is -0.466 e. The van der Waals surface area contributed by atoms with Gasteiger partial charge in [-0.25, -0.2) is 0 Å². The van der Waals surface area contributed by atoms with E-state index in [1.54, 1.807) is 0 Å². The van der Waals surface area contributed by atoms with Crippen molar-refractivity contribution in [3.05, 3.63) is 0 Å². The zero-order valence-corrected chi connectivity index (χ0v) is 27.6. The first-order valence-corrected chi connectivity index (χ1v) is 17.7. The molecular formula is C36H70O4. The Balaban J connectivity index is 3.27. The van der Waals surface area contributed by atoms with Gasteiger partial charge in [-0.1, -0.05) is 156 Å². The Bertz CT molecular complexity index is 495. The minimum absolute atomic E-state index is 0.0370. The molecule has 40 heavy (non-hydrogen) atoms. The molecule has 0 aromatic carbocycles. The van der Waals surface area contributed by atoms with Gasteiger partial charge in [0.2, 0.25) is 0 Å². The van der Waals surface area contributed by atoms with E-state index >= 15 is 0 Å². The molecule has 238 valence electrons. The van der Waals surface area contributed by atoms with E-state index in [2.05, 4.69) is 27.7 Å². The summed E-state index contributed by atoms with van der Waals surface area (Å²) in [4.78, 5) is 23.8. The number of unbranched alkanes of at least 4 members (excludes halogenated alkanes) is 19. The first kappa shape index (κ1) is 38.9. The normalized spacial score (nSPS) is 11.4. The molecule has 0 atom stereocenters. The van der Waals surface area contributed by atoms with E-state index < -0.39 is 0 Å². The second-order valence-corrected chi connectivity index (χ2v) is 13.1. The highest BCUT2D eigenvalue weighted by Crippen LogP contribution is 2.14. The summed E-state index contributed by atoms with van der Waals surface area (Å²) >= 11 is 0. The second kappa shape index (κ2) is 30.9. The lowest BCUT2D eigenvalue weighted by Gasteiger charge is -2.06. The van der Waals surface area contributed by atoms with Gasteiger partial charge in [0.05, 0.1) is 13.2 Å². The van der Waals surface area contributed by atoms with Crippen LogP contribution in [-0.4, -0.2) is 25.2 Å². The molecule has 0 saturated carbocycles.